The van der Waals surface area contributed by atoms with E-state index in [2.05, 4.69) is 20.9 Å². The first-order valence-corrected chi connectivity index (χ1v) is 8.94. The van der Waals surface area contributed by atoms with Crippen LogP contribution in [0.15, 0.2) is 0 Å². The Morgan fingerprint density at radius 3 is 2.78 bits per heavy atom. The molecule has 1 heterocycles. The SMILES string of the molecule is CSC1(CNc2nc(C3CC3)ns2)CCCCC1. The lowest BCUT2D eigenvalue weighted by molar-refractivity contribution is 0.411. The van der Waals surface area contributed by atoms with E-state index in [1.54, 1.807) is 0 Å². The molecule has 2 aliphatic carbocycles. The van der Waals surface area contributed by atoms with E-state index in [-0.39, 0.29) is 0 Å². The second kappa shape index (κ2) is 5.37. The van der Waals surface area contributed by atoms with Gasteiger partial charge in [-0.05, 0) is 31.9 Å². The molecular weight excluding hydrogens is 262 g/mol. The van der Waals surface area contributed by atoms with Crippen molar-refractivity contribution in [3.63, 3.8) is 0 Å². The zero-order chi connectivity index (χ0) is 12.4. The fourth-order valence-electron chi connectivity index (χ4n) is 2.70. The highest BCUT2D eigenvalue weighted by Crippen LogP contribution is 2.40. The molecule has 0 radical (unpaired) electrons. The zero-order valence-electron chi connectivity index (χ0n) is 10.9. The maximum absolute atomic E-state index is 4.61. The molecule has 100 valence electrons. The topological polar surface area (TPSA) is 37.8 Å². The molecule has 5 heteroatoms. The Balaban J connectivity index is 1.57. The van der Waals surface area contributed by atoms with Crippen molar-refractivity contribution in [3.05, 3.63) is 5.82 Å². The first kappa shape index (κ1) is 12.7. The minimum atomic E-state index is 0.434. The fourth-order valence-corrected chi connectivity index (χ4v) is 4.25. The second-order valence-corrected chi connectivity index (χ2v) is 7.56. The monoisotopic (exact) mass is 283 g/mol. The van der Waals surface area contributed by atoms with E-state index >= 15 is 0 Å². The van der Waals surface area contributed by atoms with Crippen LogP contribution in [0.25, 0.3) is 0 Å². The summed E-state index contributed by atoms with van der Waals surface area (Å²) in [5, 5.41) is 4.56. The molecule has 2 aliphatic rings. The normalized spacial score (nSPS) is 22.9. The van der Waals surface area contributed by atoms with Gasteiger partial charge in [0.1, 0.15) is 5.82 Å². The number of thioether (sulfide) groups is 1. The van der Waals surface area contributed by atoms with Crippen LogP contribution in [0.3, 0.4) is 0 Å². The van der Waals surface area contributed by atoms with Gasteiger partial charge in [0.25, 0.3) is 0 Å². The molecule has 18 heavy (non-hydrogen) atoms. The number of rotatable bonds is 5. The molecule has 1 N–H and O–H groups in total. The molecule has 0 saturated heterocycles. The number of hydrogen-bond acceptors (Lipinski definition) is 5. The van der Waals surface area contributed by atoms with Gasteiger partial charge in [0.2, 0.25) is 5.13 Å². The third kappa shape index (κ3) is 2.82. The Kier molecular flexibility index (Phi) is 3.80. The van der Waals surface area contributed by atoms with Gasteiger partial charge in [0, 0.05) is 28.7 Å². The van der Waals surface area contributed by atoms with Crippen molar-refractivity contribution in [1.82, 2.24) is 9.36 Å². The molecule has 2 saturated carbocycles. The summed E-state index contributed by atoms with van der Waals surface area (Å²) in [5.41, 5.74) is 0. The maximum atomic E-state index is 4.61. The van der Waals surface area contributed by atoms with Crippen LogP contribution in [0.2, 0.25) is 0 Å². The summed E-state index contributed by atoms with van der Waals surface area (Å²) in [6.45, 7) is 1.05. The summed E-state index contributed by atoms with van der Waals surface area (Å²) in [7, 11) is 0. The van der Waals surface area contributed by atoms with Crippen molar-refractivity contribution in [2.24, 2.45) is 0 Å². The third-order valence-electron chi connectivity index (χ3n) is 4.14. The summed E-state index contributed by atoms with van der Waals surface area (Å²) in [6, 6.07) is 0. The minimum absolute atomic E-state index is 0.434. The quantitative estimate of drug-likeness (QED) is 0.889. The van der Waals surface area contributed by atoms with Crippen molar-refractivity contribution in [2.75, 3.05) is 18.1 Å². The van der Waals surface area contributed by atoms with E-state index in [4.69, 9.17) is 0 Å². The van der Waals surface area contributed by atoms with Crippen molar-refractivity contribution < 1.29 is 0 Å². The van der Waals surface area contributed by atoms with Gasteiger partial charge in [-0.2, -0.15) is 16.1 Å². The first-order valence-electron chi connectivity index (χ1n) is 6.94. The summed E-state index contributed by atoms with van der Waals surface area (Å²) in [5.74, 6) is 1.74. The molecule has 0 aromatic carbocycles. The lowest BCUT2D eigenvalue weighted by atomic mass is 9.88. The molecule has 0 amide bonds. The number of nitrogens with one attached hydrogen (secondary N) is 1. The van der Waals surface area contributed by atoms with Gasteiger partial charge in [-0.25, -0.2) is 4.98 Å². The molecule has 0 aliphatic heterocycles. The molecule has 3 rings (SSSR count). The largest absolute Gasteiger partial charge is 0.359 e. The predicted molar refractivity (Wildman–Crippen MR) is 79.7 cm³/mol. The van der Waals surface area contributed by atoms with Crippen molar-refractivity contribution >= 4 is 28.4 Å². The Hall–Kier alpha value is -0.290. The molecule has 2 fully saturated rings. The fraction of sp³-hybridized carbons (Fsp3) is 0.846. The Morgan fingerprint density at radius 2 is 2.11 bits per heavy atom. The molecule has 1 aromatic rings. The number of aromatic nitrogens is 2. The summed E-state index contributed by atoms with van der Waals surface area (Å²) in [4.78, 5) is 4.61. The summed E-state index contributed by atoms with van der Waals surface area (Å²) in [6.07, 6.45) is 11.7. The first-order chi connectivity index (χ1) is 8.81. The second-order valence-electron chi connectivity index (χ2n) is 5.53. The minimum Gasteiger partial charge on any atom is -0.359 e. The zero-order valence-corrected chi connectivity index (χ0v) is 12.6. The molecule has 1 aromatic heterocycles. The van der Waals surface area contributed by atoms with E-state index < -0.39 is 0 Å². The van der Waals surface area contributed by atoms with Crippen LogP contribution in [0.5, 0.6) is 0 Å². The van der Waals surface area contributed by atoms with Crippen LogP contribution in [0, 0.1) is 0 Å². The number of hydrogen-bond donors (Lipinski definition) is 1. The lowest BCUT2D eigenvalue weighted by Gasteiger charge is -2.35. The molecule has 0 spiro atoms. The smallest absolute Gasteiger partial charge is 0.202 e. The van der Waals surface area contributed by atoms with E-state index in [9.17, 15) is 0 Å². The Morgan fingerprint density at radius 1 is 1.33 bits per heavy atom. The van der Waals surface area contributed by atoms with Crippen molar-refractivity contribution in [3.8, 4) is 0 Å². The Labute approximate surface area is 117 Å². The maximum Gasteiger partial charge on any atom is 0.202 e. The number of nitrogens with zero attached hydrogens (tertiary/aromatic N) is 2. The van der Waals surface area contributed by atoms with Crippen LogP contribution in [-0.2, 0) is 0 Å². The summed E-state index contributed by atoms with van der Waals surface area (Å²) < 4.78 is 4.89. The highest BCUT2D eigenvalue weighted by molar-refractivity contribution is 8.00. The van der Waals surface area contributed by atoms with Gasteiger partial charge >= 0.3 is 0 Å². The van der Waals surface area contributed by atoms with E-state index in [0.29, 0.717) is 10.7 Å². The highest BCUT2D eigenvalue weighted by Gasteiger charge is 2.32. The van der Waals surface area contributed by atoms with Gasteiger partial charge in [-0.1, -0.05) is 19.3 Å². The molecule has 3 nitrogen and oxygen atoms in total. The average Bonchev–Trinajstić information content (AvgIpc) is 3.17. The van der Waals surface area contributed by atoms with E-state index in [0.717, 1.165) is 17.5 Å². The van der Waals surface area contributed by atoms with Crippen molar-refractivity contribution in [2.45, 2.75) is 55.6 Å². The third-order valence-corrected chi connectivity index (χ3v) is 6.25. The standard InChI is InChI=1S/C13H21N3S2/c1-17-13(7-3-2-4-8-13)9-14-12-15-11(16-18-12)10-5-6-10/h10H,2-9H2,1H3,(H,14,15,16). The van der Waals surface area contributed by atoms with E-state index in [1.165, 1.54) is 56.5 Å². The van der Waals surface area contributed by atoms with Crippen LogP contribution in [-0.4, -0.2) is 26.9 Å². The lowest BCUT2D eigenvalue weighted by Crippen LogP contribution is -2.35. The molecule has 0 unspecified atom stereocenters. The van der Waals surface area contributed by atoms with Crippen LogP contribution >= 0.6 is 23.3 Å². The van der Waals surface area contributed by atoms with Gasteiger partial charge in [-0.3, -0.25) is 0 Å². The van der Waals surface area contributed by atoms with E-state index in [1.807, 2.05) is 11.8 Å². The van der Waals surface area contributed by atoms with Gasteiger partial charge in [-0.15, -0.1) is 0 Å². The molecular formula is C13H21N3S2. The predicted octanol–water partition coefficient (Wildman–Crippen LogP) is 3.89. The summed E-state index contributed by atoms with van der Waals surface area (Å²) >= 11 is 3.57. The van der Waals surface area contributed by atoms with Crippen molar-refractivity contribution in [1.29, 1.82) is 0 Å². The Bertz CT molecular complexity index is 395. The highest BCUT2D eigenvalue weighted by atomic mass is 32.2. The van der Waals surface area contributed by atoms with Crippen LogP contribution < -0.4 is 5.32 Å². The van der Waals surface area contributed by atoms with Crippen LogP contribution in [0.1, 0.15) is 56.7 Å². The van der Waals surface area contributed by atoms with Gasteiger partial charge in [0.15, 0.2) is 0 Å². The average molecular weight is 283 g/mol. The molecule has 0 bridgehead atoms. The van der Waals surface area contributed by atoms with Gasteiger partial charge < -0.3 is 5.32 Å². The molecule has 0 atom stereocenters. The van der Waals surface area contributed by atoms with Crippen LogP contribution in [0.4, 0.5) is 5.13 Å². The number of anilines is 1. The van der Waals surface area contributed by atoms with Gasteiger partial charge in [0.05, 0.1) is 0 Å².